The highest BCUT2D eigenvalue weighted by molar-refractivity contribution is 5.88. The first-order chi connectivity index (χ1) is 20.1. The van der Waals surface area contributed by atoms with Crippen molar-refractivity contribution < 1.29 is 4.79 Å². The number of benzene rings is 3. The van der Waals surface area contributed by atoms with Crippen molar-refractivity contribution in [2.45, 2.75) is 13.5 Å². The second-order valence-corrected chi connectivity index (χ2v) is 10.1. The van der Waals surface area contributed by atoms with Gasteiger partial charge >= 0.3 is 0 Å². The van der Waals surface area contributed by atoms with Crippen LogP contribution in [0.15, 0.2) is 104 Å². The molecule has 0 atom stereocenters. The summed E-state index contributed by atoms with van der Waals surface area (Å²) >= 11 is 0. The summed E-state index contributed by atoms with van der Waals surface area (Å²) in [4.78, 5) is 29.4. The Balaban J connectivity index is 1.01. The smallest absolute Gasteiger partial charge is 0.227 e. The third-order valence-electron chi connectivity index (χ3n) is 7.16. The van der Waals surface area contributed by atoms with Gasteiger partial charge in [0.25, 0.3) is 0 Å². The Bertz CT molecular complexity index is 1570. The quantitative estimate of drug-likeness (QED) is 0.272. The molecule has 1 amide bonds. The lowest BCUT2D eigenvalue weighted by atomic mass is 10.1. The van der Waals surface area contributed by atoms with Gasteiger partial charge < -0.3 is 20.1 Å². The minimum Gasteiger partial charge on any atom is -0.369 e. The molecule has 2 aromatic heterocycles. The molecule has 0 saturated carbocycles. The number of hydrogen-bond acceptors (Lipinski definition) is 7. The summed E-state index contributed by atoms with van der Waals surface area (Å²) in [5, 5.41) is 6.10. The molecule has 6 rings (SSSR count). The highest BCUT2D eigenvalue weighted by Gasteiger charge is 2.17. The number of imidazole rings is 1. The fourth-order valence-corrected chi connectivity index (χ4v) is 5.00. The molecule has 0 spiro atoms. The molecule has 9 heteroatoms. The van der Waals surface area contributed by atoms with Crippen molar-refractivity contribution in [3.8, 4) is 16.9 Å². The number of nitrogens with zero attached hydrogens (tertiary/aromatic N) is 6. The zero-order valence-corrected chi connectivity index (χ0v) is 22.9. The monoisotopic (exact) mass is 544 g/mol. The Hall–Kier alpha value is -5.02. The molecule has 9 nitrogen and oxygen atoms in total. The van der Waals surface area contributed by atoms with Crippen LogP contribution in [0.4, 0.5) is 23.0 Å². The number of anilines is 4. The first-order valence-electron chi connectivity index (χ1n) is 13.7. The van der Waals surface area contributed by atoms with E-state index in [0.717, 1.165) is 61.0 Å². The van der Waals surface area contributed by atoms with Gasteiger partial charge in [0, 0.05) is 86.6 Å². The number of aromatic nitrogens is 4. The Labute approximate surface area is 239 Å². The van der Waals surface area contributed by atoms with Crippen LogP contribution in [0.2, 0.25) is 0 Å². The summed E-state index contributed by atoms with van der Waals surface area (Å²) in [6.07, 6.45) is 7.32. The van der Waals surface area contributed by atoms with E-state index < -0.39 is 0 Å². The van der Waals surface area contributed by atoms with Crippen molar-refractivity contribution in [1.29, 1.82) is 0 Å². The van der Waals surface area contributed by atoms with Gasteiger partial charge in [0.05, 0.1) is 12.0 Å². The van der Waals surface area contributed by atoms with E-state index in [2.05, 4.69) is 83.9 Å². The van der Waals surface area contributed by atoms with Crippen molar-refractivity contribution in [2.75, 3.05) is 41.7 Å². The van der Waals surface area contributed by atoms with Gasteiger partial charge in [-0.3, -0.25) is 9.69 Å². The van der Waals surface area contributed by atoms with E-state index in [-0.39, 0.29) is 5.91 Å². The number of rotatable bonds is 8. The third kappa shape index (κ3) is 6.59. The zero-order valence-electron chi connectivity index (χ0n) is 22.9. The lowest BCUT2D eigenvalue weighted by Crippen LogP contribution is -2.45. The van der Waals surface area contributed by atoms with Crippen LogP contribution in [-0.2, 0) is 11.3 Å². The van der Waals surface area contributed by atoms with Crippen LogP contribution >= 0.6 is 0 Å². The Morgan fingerprint density at radius 2 is 1.51 bits per heavy atom. The van der Waals surface area contributed by atoms with E-state index in [1.165, 1.54) is 18.2 Å². The first-order valence-corrected chi connectivity index (χ1v) is 13.7. The Kier molecular flexibility index (Phi) is 7.68. The molecule has 2 N–H and O–H groups in total. The minimum atomic E-state index is -0.0937. The molecular formula is C32H32N8O. The number of carbonyl (C=O) groups excluding carboxylic acids is 1. The van der Waals surface area contributed by atoms with Crippen LogP contribution in [0.3, 0.4) is 0 Å². The van der Waals surface area contributed by atoms with Crippen LogP contribution in [-0.4, -0.2) is 56.5 Å². The highest BCUT2D eigenvalue weighted by Crippen LogP contribution is 2.24. The average molecular weight is 545 g/mol. The van der Waals surface area contributed by atoms with Gasteiger partial charge in [-0.05, 0) is 60.2 Å². The maximum atomic E-state index is 11.3. The molecule has 0 bridgehead atoms. The topological polar surface area (TPSA) is 91.2 Å². The maximum absolute atomic E-state index is 11.3. The van der Waals surface area contributed by atoms with Crippen molar-refractivity contribution in [1.82, 2.24) is 24.4 Å². The van der Waals surface area contributed by atoms with Crippen LogP contribution in [0, 0.1) is 0 Å². The molecule has 0 aliphatic carbocycles. The largest absolute Gasteiger partial charge is 0.369 e. The Morgan fingerprint density at radius 1 is 0.805 bits per heavy atom. The zero-order chi connectivity index (χ0) is 28.0. The van der Waals surface area contributed by atoms with Crippen molar-refractivity contribution >= 4 is 28.9 Å². The lowest BCUT2D eigenvalue weighted by Gasteiger charge is -2.36. The van der Waals surface area contributed by atoms with E-state index in [9.17, 15) is 4.79 Å². The number of piperazine rings is 1. The molecule has 3 heterocycles. The van der Waals surface area contributed by atoms with Crippen LogP contribution < -0.4 is 15.5 Å². The lowest BCUT2D eigenvalue weighted by molar-refractivity contribution is -0.114. The molecule has 1 saturated heterocycles. The van der Waals surface area contributed by atoms with E-state index in [4.69, 9.17) is 0 Å². The van der Waals surface area contributed by atoms with Gasteiger partial charge in [-0.1, -0.05) is 24.3 Å². The standard InChI is InChI=1S/C32H32N8O/c1-24(41)35-27-6-4-26(5-7-27)31-14-15-34-32(37-31)36-28-8-12-29(13-9-28)39-20-18-38(19-21-39)22-25-2-10-30(11-3-25)40-17-16-33-23-40/h2-17,23H,18-22H2,1H3,(H,35,41)(H,34,36,37). The summed E-state index contributed by atoms with van der Waals surface area (Å²) in [6, 6.07) is 26.6. The van der Waals surface area contributed by atoms with Gasteiger partial charge in [0.2, 0.25) is 11.9 Å². The number of amides is 1. The molecule has 1 fully saturated rings. The summed E-state index contributed by atoms with van der Waals surface area (Å²) in [7, 11) is 0. The Morgan fingerprint density at radius 3 is 2.20 bits per heavy atom. The van der Waals surface area contributed by atoms with E-state index in [1.54, 1.807) is 12.4 Å². The van der Waals surface area contributed by atoms with Crippen molar-refractivity contribution in [3.63, 3.8) is 0 Å². The molecule has 5 aromatic rings. The number of hydrogen-bond donors (Lipinski definition) is 2. The van der Waals surface area contributed by atoms with Crippen LogP contribution in [0.25, 0.3) is 16.9 Å². The molecule has 3 aromatic carbocycles. The molecule has 1 aliphatic heterocycles. The normalized spacial score (nSPS) is 13.6. The molecule has 41 heavy (non-hydrogen) atoms. The highest BCUT2D eigenvalue weighted by atomic mass is 16.1. The number of carbonyl (C=O) groups is 1. The summed E-state index contributed by atoms with van der Waals surface area (Å²) < 4.78 is 2.02. The molecule has 0 unspecified atom stereocenters. The minimum absolute atomic E-state index is 0.0937. The summed E-state index contributed by atoms with van der Waals surface area (Å²) in [5.41, 5.74) is 7.12. The molecule has 1 aliphatic rings. The molecule has 206 valence electrons. The second-order valence-electron chi connectivity index (χ2n) is 10.1. The third-order valence-corrected chi connectivity index (χ3v) is 7.16. The predicted molar refractivity (Wildman–Crippen MR) is 163 cm³/mol. The average Bonchev–Trinajstić information content (AvgIpc) is 3.54. The van der Waals surface area contributed by atoms with E-state index in [0.29, 0.717) is 5.95 Å². The first kappa shape index (κ1) is 26.2. The van der Waals surface area contributed by atoms with Gasteiger partial charge in [-0.25, -0.2) is 15.0 Å². The molecule has 0 radical (unpaired) electrons. The van der Waals surface area contributed by atoms with Gasteiger partial charge in [0.15, 0.2) is 0 Å². The van der Waals surface area contributed by atoms with E-state index in [1.807, 2.05) is 47.4 Å². The fourth-order valence-electron chi connectivity index (χ4n) is 5.00. The second kappa shape index (κ2) is 12.0. The van der Waals surface area contributed by atoms with Crippen LogP contribution in [0.1, 0.15) is 12.5 Å². The SMILES string of the molecule is CC(=O)Nc1ccc(-c2ccnc(Nc3ccc(N4CCN(Cc5ccc(-n6ccnc6)cc5)CC4)cc3)n2)cc1. The van der Waals surface area contributed by atoms with E-state index >= 15 is 0 Å². The van der Waals surface area contributed by atoms with Crippen LogP contribution in [0.5, 0.6) is 0 Å². The fraction of sp³-hybridized carbons (Fsp3) is 0.188. The van der Waals surface area contributed by atoms with Gasteiger partial charge in [0.1, 0.15) is 0 Å². The predicted octanol–water partition coefficient (Wildman–Crippen LogP) is 5.35. The van der Waals surface area contributed by atoms with Crippen molar-refractivity contribution in [3.05, 3.63) is 109 Å². The molecular weight excluding hydrogens is 512 g/mol. The summed E-state index contributed by atoms with van der Waals surface area (Å²) in [6.45, 7) is 6.48. The van der Waals surface area contributed by atoms with Gasteiger partial charge in [-0.15, -0.1) is 0 Å². The van der Waals surface area contributed by atoms with Crippen molar-refractivity contribution in [2.24, 2.45) is 0 Å². The van der Waals surface area contributed by atoms with Gasteiger partial charge in [-0.2, -0.15) is 0 Å². The number of nitrogens with one attached hydrogen (secondary N) is 2. The summed E-state index contributed by atoms with van der Waals surface area (Å²) in [5.74, 6) is 0.441. The maximum Gasteiger partial charge on any atom is 0.227 e.